The fourth-order valence-electron chi connectivity index (χ4n) is 1.13. The lowest BCUT2D eigenvalue weighted by molar-refractivity contribution is 0.535. The lowest BCUT2D eigenvalue weighted by Crippen LogP contribution is -2.14. The lowest BCUT2D eigenvalue weighted by Gasteiger charge is -2.07. The molecule has 0 rings (SSSR count). The van der Waals surface area contributed by atoms with E-state index in [-0.39, 0.29) is 1.43 Å². The third kappa shape index (κ3) is 12.3. The van der Waals surface area contributed by atoms with Crippen LogP contribution in [-0.2, 0) is 0 Å². The van der Waals surface area contributed by atoms with Gasteiger partial charge in [0, 0.05) is 13.2 Å². The van der Waals surface area contributed by atoms with Crippen molar-refractivity contribution in [3.05, 3.63) is 0 Å². The molecule has 82 valence electrons. The third-order valence-corrected chi connectivity index (χ3v) is 2.98. The van der Waals surface area contributed by atoms with E-state index in [4.69, 9.17) is 0 Å². The van der Waals surface area contributed by atoms with Crippen molar-refractivity contribution in [2.45, 2.75) is 59.4 Å². The predicted octanol–water partition coefficient (Wildman–Crippen LogP) is 4.10. The first-order chi connectivity index (χ1) is 6.13. The summed E-state index contributed by atoms with van der Waals surface area (Å²) in [6.45, 7) is 8.97. The van der Waals surface area contributed by atoms with Crippen molar-refractivity contribution in [3.63, 3.8) is 0 Å². The van der Waals surface area contributed by atoms with Crippen LogP contribution in [-0.4, -0.2) is 11.8 Å². The number of unbranched alkanes of at least 4 members (excludes halogenated alkanes) is 2. The van der Waals surface area contributed by atoms with E-state index in [2.05, 4.69) is 32.4 Å². The van der Waals surface area contributed by atoms with Gasteiger partial charge in [-0.3, -0.25) is 4.72 Å². The summed E-state index contributed by atoms with van der Waals surface area (Å²) in [6, 6.07) is 0.612. The molecule has 0 atom stereocenters. The van der Waals surface area contributed by atoms with Gasteiger partial charge in [0.2, 0.25) is 0 Å². The Bertz CT molecular complexity index is 95.5. The van der Waals surface area contributed by atoms with E-state index in [1.54, 1.807) is 0 Å². The summed E-state index contributed by atoms with van der Waals surface area (Å²) in [7, 11) is 0. The van der Waals surface area contributed by atoms with E-state index in [0.717, 1.165) is 5.92 Å². The molecule has 0 aromatic carbocycles. The predicted molar refractivity (Wildman–Crippen MR) is 66.1 cm³/mol. The smallest absolute Gasteiger partial charge is 0.0115 e. The first kappa shape index (κ1) is 13.3. The molecular weight excluding hydrogens is 178 g/mol. The quantitative estimate of drug-likeness (QED) is 0.473. The molecule has 0 heterocycles. The molecule has 1 nitrogen and oxygen atoms in total. The Labute approximate surface area is 89.7 Å². The molecular formula is C11H27NS. The first-order valence-electron chi connectivity index (χ1n) is 5.50. The van der Waals surface area contributed by atoms with Gasteiger partial charge in [0.05, 0.1) is 0 Å². The number of hydrogen-bond acceptors (Lipinski definition) is 2. The van der Waals surface area contributed by atoms with Crippen LogP contribution in [0.5, 0.6) is 0 Å². The summed E-state index contributed by atoms with van der Waals surface area (Å²) >= 11 is 1.87. The molecule has 0 aliphatic rings. The van der Waals surface area contributed by atoms with Crippen molar-refractivity contribution in [3.8, 4) is 0 Å². The third-order valence-electron chi connectivity index (χ3n) is 1.85. The molecule has 0 saturated heterocycles. The van der Waals surface area contributed by atoms with Crippen LogP contribution in [0.25, 0.3) is 0 Å². The minimum Gasteiger partial charge on any atom is -0.262 e. The highest BCUT2D eigenvalue weighted by Gasteiger charge is 1.95. The Hall–Kier alpha value is 0.310. The van der Waals surface area contributed by atoms with Crippen molar-refractivity contribution in [1.82, 2.24) is 4.72 Å². The van der Waals surface area contributed by atoms with Crippen LogP contribution in [0.15, 0.2) is 0 Å². The normalized spacial score (nSPS) is 11.5. The van der Waals surface area contributed by atoms with E-state index < -0.39 is 0 Å². The maximum Gasteiger partial charge on any atom is 0.0115 e. The number of rotatable bonds is 8. The fourth-order valence-corrected chi connectivity index (χ4v) is 1.93. The molecule has 0 aliphatic carbocycles. The molecule has 0 bridgehead atoms. The molecule has 0 unspecified atom stereocenters. The highest BCUT2D eigenvalue weighted by Crippen LogP contribution is 2.10. The van der Waals surface area contributed by atoms with Gasteiger partial charge >= 0.3 is 0 Å². The van der Waals surface area contributed by atoms with Gasteiger partial charge in [-0.2, -0.15) is 0 Å². The Balaban J connectivity index is 0. The van der Waals surface area contributed by atoms with E-state index in [9.17, 15) is 0 Å². The van der Waals surface area contributed by atoms with Crippen LogP contribution in [0.4, 0.5) is 0 Å². The summed E-state index contributed by atoms with van der Waals surface area (Å²) in [4.78, 5) is 0. The van der Waals surface area contributed by atoms with Crippen LogP contribution in [0.3, 0.4) is 0 Å². The molecule has 2 heteroatoms. The standard InChI is InChI=1S/C11H25NS.H2/c1-10(2)8-6-5-7-9-13-12-11(3)4;/h10-12H,5-9H2,1-4H3;1H. The molecule has 0 aliphatic heterocycles. The average Bonchev–Trinajstić information content (AvgIpc) is 2.01. The van der Waals surface area contributed by atoms with Gasteiger partial charge in [-0.15, -0.1) is 0 Å². The Morgan fingerprint density at radius 3 is 2.31 bits per heavy atom. The molecule has 0 aromatic rings. The van der Waals surface area contributed by atoms with Crippen molar-refractivity contribution in [2.75, 3.05) is 5.75 Å². The molecule has 0 spiro atoms. The van der Waals surface area contributed by atoms with Crippen molar-refractivity contribution in [2.24, 2.45) is 5.92 Å². The maximum absolute atomic E-state index is 3.36. The van der Waals surface area contributed by atoms with Gasteiger partial charge in [0.15, 0.2) is 0 Å². The zero-order chi connectivity index (χ0) is 10.1. The zero-order valence-corrected chi connectivity index (χ0v) is 10.4. The van der Waals surface area contributed by atoms with Crippen molar-refractivity contribution >= 4 is 11.9 Å². The summed E-state index contributed by atoms with van der Waals surface area (Å²) in [6.07, 6.45) is 5.55. The molecule has 0 saturated carbocycles. The van der Waals surface area contributed by atoms with Crippen LogP contribution in [0, 0.1) is 5.92 Å². The van der Waals surface area contributed by atoms with Gasteiger partial charge in [-0.05, 0) is 26.2 Å². The Morgan fingerprint density at radius 1 is 1.08 bits per heavy atom. The van der Waals surface area contributed by atoms with Crippen LogP contribution in [0.1, 0.15) is 54.8 Å². The molecule has 0 fully saturated rings. The second-order valence-corrected chi connectivity index (χ2v) is 5.30. The molecule has 1 N–H and O–H groups in total. The van der Waals surface area contributed by atoms with Gasteiger partial charge in [-0.25, -0.2) is 0 Å². The van der Waals surface area contributed by atoms with Gasteiger partial charge in [0.1, 0.15) is 0 Å². The summed E-state index contributed by atoms with van der Waals surface area (Å²) in [5.74, 6) is 2.14. The second-order valence-electron chi connectivity index (χ2n) is 4.36. The second kappa shape index (κ2) is 8.89. The highest BCUT2D eigenvalue weighted by molar-refractivity contribution is 7.97. The molecule has 0 amide bonds. The van der Waals surface area contributed by atoms with Gasteiger partial charge in [0.25, 0.3) is 0 Å². The minimum atomic E-state index is 0. The maximum atomic E-state index is 3.36. The van der Waals surface area contributed by atoms with Crippen LogP contribution >= 0.6 is 11.9 Å². The zero-order valence-electron chi connectivity index (χ0n) is 9.60. The van der Waals surface area contributed by atoms with Gasteiger partial charge < -0.3 is 0 Å². The van der Waals surface area contributed by atoms with Gasteiger partial charge in [-0.1, -0.05) is 45.1 Å². The van der Waals surface area contributed by atoms with E-state index >= 15 is 0 Å². The highest BCUT2D eigenvalue weighted by atomic mass is 32.2. The van der Waals surface area contributed by atoms with E-state index in [0.29, 0.717) is 6.04 Å². The van der Waals surface area contributed by atoms with Crippen LogP contribution < -0.4 is 4.72 Å². The van der Waals surface area contributed by atoms with Crippen molar-refractivity contribution in [1.29, 1.82) is 0 Å². The SMILES string of the molecule is CC(C)CCCCCSNC(C)C.[HH]. The summed E-state index contributed by atoms with van der Waals surface area (Å²) in [5, 5.41) is 0. The number of nitrogens with one attached hydrogen (secondary N) is 1. The van der Waals surface area contributed by atoms with E-state index in [1.165, 1.54) is 31.4 Å². The largest absolute Gasteiger partial charge is 0.262 e. The molecule has 13 heavy (non-hydrogen) atoms. The summed E-state index contributed by atoms with van der Waals surface area (Å²) < 4.78 is 3.36. The average molecular weight is 205 g/mol. The van der Waals surface area contributed by atoms with Crippen molar-refractivity contribution < 1.29 is 1.43 Å². The lowest BCUT2D eigenvalue weighted by atomic mass is 10.1. The Morgan fingerprint density at radius 2 is 1.77 bits per heavy atom. The fraction of sp³-hybridized carbons (Fsp3) is 1.00. The number of hydrogen-bond donors (Lipinski definition) is 1. The minimum absolute atomic E-state index is 0. The topological polar surface area (TPSA) is 12.0 Å². The first-order valence-corrected chi connectivity index (χ1v) is 6.48. The molecule has 0 aromatic heterocycles. The molecule has 0 radical (unpaired) electrons. The van der Waals surface area contributed by atoms with Crippen LogP contribution in [0.2, 0.25) is 0 Å². The summed E-state index contributed by atoms with van der Waals surface area (Å²) in [5.41, 5.74) is 0. The van der Waals surface area contributed by atoms with E-state index in [1.807, 2.05) is 11.9 Å². The monoisotopic (exact) mass is 205 g/mol. The Kier molecular flexibility index (Phi) is 9.10.